The molecule has 1 aliphatic rings. The average molecular weight is 381 g/mol. The molecule has 0 radical (unpaired) electrons. The fourth-order valence-electron chi connectivity index (χ4n) is 1.63. The number of hydrogen-bond donors (Lipinski definition) is 1. The lowest BCUT2D eigenvalue weighted by atomic mass is 10.2. The number of aliphatic imine (C=N–C) groups is 1. The van der Waals surface area contributed by atoms with Gasteiger partial charge in [0.25, 0.3) is 0 Å². The average Bonchev–Trinajstić information content (AvgIpc) is 2.33. The molecule has 92 valence electrons. The van der Waals surface area contributed by atoms with Crippen molar-refractivity contribution in [3.05, 3.63) is 26.8 Å². The third-order valence-electron chi connectivity index (χ3n) is 2.63. The van der Waals surface area contributed by atoms with Gasteiger partial charge in [-0.3, -0.25) is 4.99 Å². The van der Waals surface area contributed by atoms with Gasteiger partial charge in [-0.15, -0.1) is 0 Å². The summed E-state index contributed by atoms with van der Waals surface area (Å²) in [5.41, 5.74) is 1.08. The Labute approximate surface area is 125 Å². The summed E-state index contributed by atoms with van der Waals surface area (Å²) in [5, 5.41) is 5.19. The first-order chi connectivity index (χ1) is 8.19. The highest BCUT2D eigenvalue weighted by Crippen LogP contribution is 2.26. The second kappa shape index (κ2) is 6.29. The minimum atomic E-state index is 0.476. The molecule has 1 aromatic carbocycles. The topological polar surface area (TPSA) is 24.4 Å². The van der Waals surface area contributed by atoms with Crippen molar-refractivity contribution in [2.45, 2.75) is 25.8 Å². The lowest BCUT2D eigenvalue weighted by Crippen LogP contribution is -2.19. The summed E-state index contributed by atoms with van der Waals surface area (Å²) in [6, 6.07) is 6.33. The van der Waals surface area contributed by atoms with Gasteiger partial charge in [-0.25, -0.2) is 0 Å². The number of amidine groups is 1. The maximum absolute atomic E-state index is 5.94. The summed E-state index contributed by atoms with van der Waals surface area (Å²) in [6.45, 7) is 2.19. The number of thioether (sulfide) groups is 1. The van der Waals surface area contributed by atoms with Crippen molar-refractivity contribution in [1.82, 2.24) is 0 Å². The maximum Gasteiger partial charge on any atom is 0.161 e. The molecule has 0 saturated carbocycles. The van der Waals surface area contributed by atoms with E-state index < -0.39 is 0 Å². The highest BCUT2D eigenvalue weighted by atomic mass is 127. The number of hydrogen-bond acceptors (Lipinski definition) is 3. The van der Waals surface area contributed by atoms with E-state index in [4.69, 9.17) is 16.6 Å². The summed E-state index contributed by atoms with van der Waals surface area (Å²) in [5.74, 6) is 1.15. The smallest absolute Gasteiger partial charge is 0.161 e. The van der Waals surface area contributed by atoms with Crippen LogP contribution in [0.1, 0.15) is 19.8 Å². The summed E-state index contributed by atoms with van der Waals surface area (Å²) >= 11 is 10.0. The van der Waals surface area contributed by atoms with Crippen LogP contribution < -0.4 is 5.32 Å². The molecule has 0 spiro atoms. The highest BCUT2D eigenvalue weighted by Gasteiger charge is 2.14. The van der Waals surface area contributed by atoms with Crippen molar-refractivity contribution in [2.75, 3.05) is 11.1 Å². The Morgan fingerprint density at radius 1 is 1.59 bits per heavy atom. The van der Waals surface area contributed by atoms with Gasteiger partial charge < -0.3 is 5.32 Å². The fraction of sp³-hybridized carbons (Fsp3) is 0.417. The molecule has 1 unspecified atom stereocenters. The van der Waals surface area contributed by atoms with Crippen molar-refractivity contribution in [2.24, 2.45) is 4.99 Å². The van der Waals surface area contributed by atoms with E-state index in [1.165, 1.54) is 6.42 Å². The number of nitrogens with one attached hydrogen (secondary N) is 1. The van der Waals surface area contributed by atoms with Gasteiger partial charge in [0.2, 0.25) is 0 Å². The highest BCUT2D eigenvalue weighted by molar-refractivity contribution is 14.1. The molecule has 0 fully saturated rings. The van der Waals surface area contributed by atoms with E-state index in [-0.39, 0.29) is 0 Å². The monoisotopic (exact) mass is 380 g/mol. The van der Waals surface area contributed by atoms with Crippen LogP contribution in [0.5, 0.6) is 0 Å². The van der Waals surface area contributed by atoms with Gasteiger partial charge in [-0.05, 0) is 53.6 Å². The molecule has 1 atom stereocenters. The molecule has 1 aliphatic heterocycles. The Balaban J connectivity index is 2.12. The molecule has 5 heteroatoms. The van der Waals surface area contributed by atoms with Crippen LogP contribution in [0.15, 0.2) is 23.2 Å². The van der Waals surface area contributed by atoms with Gasteiger partial charge in [0, 0.05) is 14.3 Å². The zero-order valence-electron chi connectivity index (χ0n) is 9.54. The molecule has 1 N–H and O–H groups in total. The number of benzene rings is 1. The van der Waals surface area contributed by atoms with E-state index in [1.54, 1.807) is 11.8 Å². The van der Waals surface area contributed by atoms with Crippen LogP contribution in [0, 0.1) is 3.57 Å². The van der Waals surface area contributed by atoms with Crippen LogP contribution in [-0.2, 0) is 0 Å². The second-order valence-electron chi connectivity index (χ2n) is 3.88. The van der Waals surface area contributed by atoms with Crippen LogP contribution in [0.25, 0.3) is 0 Å². The van der Waals surface area contributed by atoms with Crippen molar-refractivity contribution in [3.8, 4) is 0 Å². The number of nitrogens with zero attached hydrogens (tertiary/aromatic N) is 1. The summed E-state index contributed by atoms with van der Waals surface area (Å²) < 4.78 is 1.12. The Bertz CT molecular complexity index is 437. The Morgan fingerprint density at radius 3 is 3.12 bits per heavy atom. The molecule has 17 heavy (non-hydrogen) atoms. The van der Waals surface area contributed by atoms with Gasteiger partial charge in [-0.1, -0.05) is 30.3 Å². The molecule has 0 saturated heterocycles. The number of halogens is 2. The normalized spacial score (nSPS) is 19.9. The molecule has 0 aliphatic carbocycles. The first-order valence-electron chi connectivity index (χ1n) is 5.61. The molecule has 2 rings (SSSR count). The van der Waals surface area contributed by atoms with Crippen molar-refractivity contribution >= 4 is 56.8 Å². The third-order valence-corrected chi connectivity index (χ3v) is 4.68. The van der Waals surface area contributed by atoms with E-state index in [9.17, 15) is 0 Å². The zero-order chi connectivity index (χ0) is 12.3. The van der Waals surface area contributed by atoms with Crippen LogP contribution in [0.3, 0.4) is 0 Å². The zero-order valence-corrected chi connectivity index (χ0v) is 13.3. The van der Waals surface area contributed by atoms with Crippen LogP contribution in [-0.4, -0.2) is 17.0 Å². The lowest BCUT2D eigenvalue weighted by Gasteiger charge is -2.20. The minimum absolute atomic E-state index is 0.476. The summed E-state index contributed by atoms with van der Waals surface area (Å²) in [4.78, 5) is 4.69. The van der Waals surface area contributed by atoms with Crippen molar-refractivity contribution in [1.29, 1.82) is 0 Å². The minimum Gasteiger partial charge on any atom is -0.334 e. The van der Waals surface area contributed by atoms with Crippen LogP contribution in [0.4, 0.5) is 5.69 Å². The quantitative estimate of drug-likeness (QED) is 0.757. The van der Waals surface area contributed by atoms with E-state index >= 15 is 0 Å². The number of rotatable bonds is 2. The van der Waals surface area contributed by atoms with Crippen LogP contribution >= 0.6 is 46.0 Å². The Hall–Kier alpha value is 0.0600. The molecule has 2 nitrogen and oxygen atoms in total. The van der Waals surface area contributed by atoms with E-state index in [2.05, 4.69) is 34.8 Å². The first kappa shape index (κ1) is 13.5. The van der Waals surface area contributed by atoms with E-state index in [0.717, 1.165) is 31.6 Å². The van der Waals surface area contributed by atoms with Gasteiger partial charge in [0.05, 0.1) is 11.7 Å². The molecule has 0 aromatic heterocycles. The number of anilines is 1. The maximum atomic E-state index is 5.94. The largest absolute Gasteiger partial charge is 0.334 e. The molecular weight excluding hydrogens is 367 g/mol. The van der Waals surface area contributed by atoms with Gasteiger partial charge in [-0.2, -0.15) is 0 Å². The van der Waals surface area contributed by atoms with Crippen LogP contribution in [0.2, 0.25) is 5.02 Å². The van der Waals surface area contributed by atoms with E-state index in [1.807, 2.05) is 18.2 Å². The van der Waals surface area contributed by atoms with Gasteiger partial charge in [0.15, 0.2) is 5.17 Å². The Morgan fingerprint density at radius 2 is 2.41 bits per heavy atom. The lowest BCUT2D eigenvalue weighted by molar-refractivity contribution is 0.634. The Kier molecular flexibility index (Phi) is 4.99. The van der Waals surface area contributed by atoms with Gasteiger partial charge in [0.1, 0.15) is 0 Å². The summed E-state index contributed by atoms with van der Waals surface area (Å²) in [6.07, 6.45) is 2.30. The molecular formula is C12H14ClIN2S. The fourth-order valence-corrected chi connectivity index (χ4v) is 3.62. The molecule has 0 bridgehead atoms. The first-order valence-corrected chi connectivity index (χ1v) is 8.06. The van der Waals surface area contributed by atoms with Gasteiger partial charge >= 0.3 is 0 Å². The van der Waals surface area contributed by atoms with Crippen molar-refractivity contribution < 1.29 is 0 Å². The standard InChI is InChI=1S/C12H14ClIN2S/c1-2-9-5-6-17-12(15-9)16-11-4-3-8(13)7-10(11)14/h3-4,7,9H,2,5-6H2,1H3,(H,15,16). The van der Waals surface area contributed by atoms with E-state index in [0.29, 0.717) is 6.04 Å². The molecule has 1 heterocycles. The molecule has 0 amide bonds. The van der Waals surface area contributed by atoms with Crippen molar-refractivity contribution in [3.63, 3.8) is 0 Å². The predicted octanol–water partition coefficient (Wildman–Crippen LogP) is 4.63. The third kappa shape index (κ3) is 3.76. The molecule has 1 aromatic rings. The SMILES string of the molecule is CCC1CCSC(Nc2ccc(Cl)cc2I)=N1. The predicted molar refractivity (Wildman–Crippen MR) is 86.4 cm³/mol. The summed E-state index contributed by atoms with van der Waals surface area (Å²) in [7, 11) is 0. The second-order valence-corrected chi connectivity index (χ2v) is 6.56.